The van der Waals surface area contributed by atoms with Crippen molar-refractivity contribution in [1.82, 2.24) is 0 Å². The molecule has 0 aliphatic carbocycles. The van der Waals surface area contributed by atoms with Crippen LogP contribution in [-0.4, -0.2) is 5.11 Å². The predicted molar refractivity (Wildman–Crippen MR) is 74.5 cm³/mol. The molecule has 18 heavy (non-hydrogen) atoms. The smallest absolute Gasteiger partial charge is 0.120 e. The Morgan fingerprint density at radius 3 is 2.78 bits per heavy atom. The van der Waals surface area contributed by atoms with E-state index in [1.807, 2.05) is 43.3 Å². The molecule has 2 aromatic carbocycles. The van der Waals surface area contributed by atoms with Crippen LogP contribution in [0, 0.1) is 6.92 Å². The van der Waals surface area contributed by atoms with Gasteiger partial charge in [-0.1, -0.05) is 29.8 Å². The lowest BCUT2D eigenvalue weighted by Gasteiger charge is -2.10. The van der Waals surface area contributed by atoms with Crippen molar-refractivity contribution in [2.45, 2.75) is 20.0 Å². The Balaban J connectivity index is 2.08. The van der Waals surface area contributed by atoms with E-state index in [2.05, 4.69) is 5.32 Å². The molecule has 0 fully saturated rings. The third kappa shape index (κ3) is 3.02. The lowest BCUT2D eigenvalue weighted by molar-refractivity contribution is 0.469. The number of nitrogens with two attached hydrogens (primary N) is 1. The highest BCUT2D eigenvalue weighted by atomic mass is 16.3. The molecule has 0 saturated heterocycles. The third-order valence-corrected chi connectivity index (χ3v) is 2.88. The lowest BCUT2D eigenvalue weighted by atomic mass is 10.1. The predicted octanol–water partition coefficient (Wildman–Crippen LogP) is 2.77. The van der Waals surface area contributed by atoms with Crippen molar-refractivity contribution >= 4 is 5.69 Å². The number of hydrogen-bond acceptors (Lipinski definition) is 3. The van der Waals surface area contributed by atoms with Crippen LogP contribution in [0.2, 0.25) is 0 Å². The number of aromatic hydroxyl groups is 1. The highest BCUT2D eigenvalue weighted by molar-refractivity contribution is 5.47. The lowest BCUT2D eigenvalue weighted by Crippen LogP contribution is -2.02. The maximum Gasteiger partial charge on any atom is 0.120 e. The van der Waals surface area contributed by atoms with E-state index in [1.54, 1.807) is 6.07 Å². The molecule has 0 radical (unpaired) electrons. The van der Waals surface area contributed by atoms with Crippen molar-refractivity contribution in [3.8, 4) is 5.75 Å². The SMILES string of the molecule is Cc1ccc(O)c(CNc2cccc(CN)c2)c1. The fourth-order valence-electron chi connectivity index (χ4n) is 1.86. The normalized spacial score (nSPS) is 10.3. The van der Waals surface area contributed by atoms with Crippen molar-refractivity contribution in [3.05, 3.63) is 59.2 Å². The van der Waals surface area contributed by atoms with Crippen LogP contribution < -0.4 is 11.1 Å². The van der Waals surface area contributed by atoms with Gasteiger partial charge in [0, 0.05) is 24.3 Å². The first-order valence-electron chi connectivity index (χ1n) is 6.00. The summed E-state index contributed by atoms with van der Waals surface area (Å²) in [7, 11) is 0. The zero-order chi connectivity index (χ0) is 13.0. The van der Waals surface area contributed by atoms with Gasteiger partial charge in [0.25, 0.3) is 0 Å². The Morgan fingerprint density at radius 2 is 2.00 bits per heavy atom. The number of nitrogens with one attached hydrogen (secondary N) is 1. The first-order valence-corrected chi connectivity index (χ1v) is 6.00. The number of hydrogen-bond donors (Lipinski definition) is 3. The van der Waals surface area contributed by atoms with E-state index in [1.165, 1.54) is 0 Å². The Morgan fingerprint density at radius 1 is 1.17 bits per heavy atom. The molecule has 0 aliphatic rings. The summed E-state index contributed by atoms with van der Waals surface area (Å²) in [5, 5.41) is 13.0. The van der Waals surface area contributed by atoms with E-state index >= 15 is 0 Å². The number of aryl methyl sites for hydroxylation is 1. The number of benzene rings is 2. The Bertz CT molecular complexity index is 538. The molecular weight excluding hydrogens is 224 g/mol. The van der Waals surface area contributed by atoms with Crippen LogP contribution in [0.25, 0.3) is 0 Å². The van der Waals surface area contributed by atoms with Gasteiger partial charge in [0.05, 0.1) is 0 Å². The molecule has 3 nitrogen and oxygen atoms in total. The van der Waals surface area contributed by atoms with E-state index in [-0.39, 0.29) is 0 Å². The molecular formula is C15H18N2O. The molecule has 2 rings (SSSR count). The fourth-order valence-corrected chi connectivity index (χ4v) is 1.86. The van der Waals surface area contributed by atoms with Crippen molar-refractivity contribution < 1.29 is 5.11 Å². The van der Waals surface area contributed by atoms with Crippen LogP contribution in [0.15, 0.2) is 42.5 Å². The van der Waals surface area contributed by atoms with Crippen molar-refractivity contribution in [2.24, 2.45) is 5.73 Å². The molecule has 3 heteroatoms. The van der Waals surface area contributed by atoms with Crippen LogP contribution in [0.4, 0.5) is 5.69 Å². The summed E-state index contributed by atoms with van der Waals surface area (Å²) in [6.07, 6.45) is 0. The standard InChI is InChI=1S/C15H18N2O/c1-11-5-6-15(18)13(7-11)10-17-14-4-2-3-12(8-14)9-16/h2-8,17-18H,9-10,16H2,1H3. The molecule has 0 spiro atoms. The maximum atomic E-state index is 9.75. The molecule has 0 unspecified atom stereocenters. The zero-order valence-electron chi connectivity index (χ0n) is 10.5. The second-order valence-electron chi connectivity index (χ2n) is 4.39. The minimum absolute atomic E-state index is 0.322. The molecule has 0 saturated carbocycles. The molecule has 94 valence electrons. The highest BCUT2D eigenvalue weighted by Crippen LogP contribution is 2.20. The minimum Gasteiger partial charge on any atom is -0.508 e. The summed E-state index contributed by atoms with van der Waals surface area (Å²) in [6.45, 7) is 3.14. The van der Waals surface area contributed by atoms with Crippen LogP contribution in [0.5, 0.6) is 5.75 Å². The first kappa shape index (κ1) is 12.5. The van der Waals surface area contributed by atoms with Crippen LogP contribution >= 0.6 is 0 Å². The molecule has 0 bridgehead atoms. The minimum atomic E-state index is 0.322. The molecule has 0 aromatic heterocycles. The van der Waals surface area contributed by atoms with E-state index in [9.17, 15) is 5.11 Å². The monoisotopic (exact) mass is 242 g/mol. The van der Waals surface area contributed by atoms with Gasteiger partial charge in [-0.25, -0.2) is 0 Å². The number of phenolic OH excluding ortho intramolecular Hbond substituents is 1. The van der Waals surface area contributed by atoms with E-state index in [4.69, 9.17) is 5.73 Å². The summed E-state index contributed by atoms with van der Waals surface area (Å²) in [4.78, 5) is 0. The van der Waals surface area contributed by atoms with Gasteiger partial charge in [-0.2, -0.15) is 0 Å². The van der Waals surface area contributed by atoms with E-state index < -0.39 is 0 Å². The van der Waals surface area contributed by atoms with Gasteiger partial charge in [0.15, 0.2) is 0 Å². The van der Waals surface area contributed by atoms with Gasteiger partial charge < -0.3 is 16.2 Å². The van der Waals surface area contributed by atoms with Gasteiger partial charge in [-0.3, -0.25) is 0 Å². The summed E-state index contributed by atoms with van der Waals surface area (Å²) in [5.74, 6) is 0.322. The van der Waals surface area contributed by atoms with Crippen molar-refractivity contribution in [1.29, 1.82) is 0 Å². The Kier molecular flexibility index (Phi) is 3.85. The van der Waals surface area contributed by atoms with E-state index in [0.717, 1.165) is 22.4 Å². The van der Waals surface area contributed by atoms with Gasteiger partial charge in [0.1, 0.15) is 5.75 Å². The fraction of sp³-hybridized carbons (Fsp3) is 0.200. The van der Waals surface area contributed by atoms with Crippen molar-refractivity contribution in [2.75, 3.05) is 5.32 Å². The highest BCUT2D eigenvalue weighted by Gasteiger charge is 2.01. The summed E-state index contributed by atoms with van der Waals surface area (Å²) in [6, 6.07) is 13.6. The number of phenols is 1. The quantitative estimate of drug-likeness (QED) is 0.772. The van der Waals surface area contributed by atoms with Crippen LogP contribution in [0.3, 0.4) is 0 Å². The molecule has 0 atom stereocenters. The van der Waals surface area contributed by atoms with Crippen molar-refractivity contribution in [3.63, 3.8) is 0 Å². The number of anilines is 1. The summed E-state index contributed by atoms with van der Waals surface area (Å²) < 4.78 is 0. The second-order valence-corrected chi connectivity index (χ2v) is 4.39. The Hall–Kier alpha value is -2.00. The molecule has 0 heterocycles. The number of rotatable bonds is 4. The second kappa shape index (κ2) is 5.56. The molecule has 0 aliphatic heterocycles. The summed E-state index contributed by atoms with van der Waals surface area (Å²) >= 11 is 0. The van der Waals surface area contributed by atoms with Crippen LogP contribution in [0.1, 0.15) is 16.7 Å². The first-order chi connectivity index (χ1) is 8.69. The molecule has 4 N–H and O–H groups in total. The third-order valence-electron chi connectivity index (χ3n) is 2.88. The van der Waals surface area contributed by atoms with Gasteiger partial charge in [0.2, 0.25) is 0 Å². The van der Waals surface area contributed by atoms with Gasteiger partial charge in [-0.05, 0) is 30.7 Å². The zero-order valence-corrected chi connectivity index (χ0v) is 10.5. The van der Waals surface area contributed by atoms with Gasteiger partial charge >= 0.3 is 0 Å². The largest absolute Gasteiger partial charge is 0.508 e. The maximum absolute atomic E-state index is 9.75. The topological polar surface area (TPSA) is 58.3 Å². The molecule has 0 amide bonds. The average Bonchev–Trinajstić information content (AvgIpc) is 2.40. The average molecular weight is 242 g/mol. The molecule has 2 aromatic rings. The van der Waals surface area contributed by atoms with Gasteiger partial charge in [-0.15, -0.1) is 0 Å². The summed E-state index contributed by atoms with van der Waals surface area (Å²) in [5.41, 5.74) is 9.74. The Labute approximate surface area is 107 Å². The van der Waals surface area contributed by atoms with E-state index in [0.29, 0.717) is 18.8 Å². The van der Waals surface area contributed by atoms with Crippen LogP contribution in [-0.2, 0) is 13.1 Å².